The predicted molar refractivity (Wildman–Crippen MR) is 123 cm³/mol. The highest BCUT2D eigenvalue weighted by Gasteiger charge is 2.58. The SMILES string of the molecule is COc1ncc(N(C(=O)OC(C)(C)C)c2nnc(C(C)(OCc3ccccc3)C(F)(F)F)o2)cc1C(F)(F)F. The van der Waals surface area contributed by atoms with Gasteiger partial charge in [-0.3, -0.25) is 0 Å². The molecule has 212 valence electrons. The highest BCUT2D eigenvalue weighted by Crippen LogP contribution is 2.44. The van der Waals surface area contributed by atoms with Crippen molar-refractivity contribution in [2.24, 2.45) is 0 Å². The van der Waals surface area contributed by atoms with Gasteiger partial charge in [-0.15, -0.1) is 5.10 Å². The van der Waals surface area contributed by atoms with Crippen molar-refractivity contribution in [3.8, 4) is 5.88 Å². The largest absolute Gasteiger partial charge is 0.481 e. The Hall–Kier alpha value is -3.88. The first-order valence-corrected chi connectivity index (χ1v) is 11.2. The summed E-state index contributed by atoms with van der Waals surface area (Å²) in [7, 11) is 0.959. The van der Waals surface area contributed by atoms with Crippen LogP contribution in [-0.2, 0) is 27.9 Å². The quantitative estimate of drug-likeness (QED) is 0.299. The Labute approximate surface area is 218 Å². The molecule has 0 aliphatic rings. The number of halogens is 6. The Morgan fingerprint density at radius 2 is 1.64 bits per heavy atom. The van der Waals surface area contributed by atoms with Crippen LogP contribution >= 0.6 is 0 Å². The first-order valence-electron chi connectivity index (χ1n) is 11.2. The molecule has 0 aliphatic carbocycles. The molecule has 1 atom stereocenters. The highest BCUT2D eigenvalue weighted by atomic mass is 19.4. The van der Waals surface area contributed by atoms with Gasteiger partial charge in [-0.1, -0.05) is 35.4 Å². The summed E-state index contributed by atoms with van der Waals surface area (Å²) >= 11 is 0. The monoisotopic (exact) mass is 562 g/mol. The summed E-state index contributed by atoms with van der Waals surface area (Å²) in [6.07, 6.45) is -10.6. The van der Waals surface area contributed by atoms with Crippen LogP contribution in [0.15, 0.2) is 47.0 Å². The standard InChI is InChI=1S/C24H24F6N4O5/c1-21(2,3)39-20(35)34(15-11-16(23(25,26)27)17(36-5)31-12-15)19-33-32-18(38-19)22(4,24(28,29)30)37-13-14-9-7-6-8-10-14/h6-12H,13H2,1-5H3. The maximum Gasteiger partial charge on any atom is 0.426 e. The molecule has 39 heavy (non-hydrogen) atoms. The van der Waals surface area contributed by atoms with E-state index in [1.54, 1.807) is 18.2 Å². The van der Waals surface area contributed by atoms with E-state index in [9.17, 15) is 31.1 Å². The number of benzene rings is 1. The molecule has 0 spiro atoms. The number of carbonyl (C=O) groups excluding carboxylic acids is 1. The van der Waals surface area contributed by atoms with Gasteiger partial charge in [0.25, 0.3) is 5.89 Å². The summed E-state index contributed by atoms with van der Waals surface area (Å²) in [6, 6.07) is 7.51. The van der Waals surface area contributed by atoms with Crippen molar-refractivity contribution in [2.45, 2.75) is 57.9 Å². The van der Waals surface area contributed by atoms with Crippen LogP contribution in [0.3, 0.4) is 0 Å². The number of rotatable bonds is 7. The fraction of sp³-hybridized carbons (Fsp3) is 0.417. The van der Waals surface area contributed by atoms with E-state index in [0.29, 0.717) is 23.5 Å². The minimum Gasteiger partial charge on any atom is -0.481 e. The number of amides is 1. The number of nitrogens with zero attached hydrogens (tertiary/aromatic N) is 4. The van der Waals surface area contributed by atoms with E-state index in [2.05, 4.69) is 19.9 Å². The Morgan fingerprint density at radius 3 is 2.18 bits per heavy atom. The molecule has 0 saturated carbocycles. The van der Waals surface area contributed by atoms with E-state index in [1.807, 2.05) is 0 Å². The van der Waals surface area contributed by atoms with Gasteiger partial charge in [0, 0.05) is 0 Å². The molecular formula is C24H24F6N4O5. The Kier molecular flexibility index (Phi) is 8.15. The number of ether oxygens (including phenoxy) is 3. The number of hydrogen-bond donors (Lipinski definition) is 0. The van der Waals surface area contributed by atoms with Gasteiger partial charge in [-0.2, -0.15) is 31.2 Å². The van der Waals surface area contributed by atoms with Crippen molar-refractivity contribution in [2.75, 3.05) is 12.0 Å². The fourth-order valence-corrected chi connectivity index (χ4v) is 3.10. The number of pyridine rings is 1. The van der Waals surface area contributed by atoms with Crippen molar-refractivity contribution in [3.63, 3.8) is 0 Å². The fourth-order valence-electron chi connectivity index (χ4n) is 3.10. The van der Waals surface area contributed by atoms with Crippen molar-refractivity contribution in [3.05, 3.63) is 59.6 Å². The average molecular weight is 562 g/mol. The first-order chi connectivity index (χ1) is 18.0. The second-order valence-corrected chi connectivity index (χ2v) is 9.26. The molecule has 3 aromatic rings. The van der Waals surface area contributed by atoms with Crippen LogP contribution in [0.25, 0.3) is 0 Å². The van der Waals surface area contributed by atoms with Crippen molar-refractivity contribution in [1.82, 2.24) is 15.2 Å². The van der Waals surface area contributed by atoms with Gasteiger partial charge >= 0.3 is 24.5 Å². The summed E-state index contributed by atoms with van der Waals surface area (Å²) in [6.45, 7) is 4.54. The third kappa shape index (κ3) is 6.77. The highest BCUT2D eigenvalue weighted by molar-refractivity contribution is 5.93. The lowest BCUT2D eigenvalue weighted by atomic mass is 10.1. The first kappa shape index (κ1) is 29.7. The second-order valence-electron chi connectivity index (χ2n) is 9.26. The average Bonchev–Trinajstić information content (AvgIpc) is 3.31. The smallest absolute Gasteiger partial charge is 0.426 e. The summed E-state index contributed by atoms with van der Waals surface area (Å²) in [5.74, 6) is -1.91. The molecule has 0 fully saturated rings. The zero-order valence-electron chi connectivity index (χ0n) is 21.3. The van der Waals surface area contributed by atoms with Gasteiger partial charge in [0.1, 0.15) is 11.2 Å². The molecule has 1 amide bonds. The second kappa shape index (κ2) is 10.7. The van der Waals surface area contributed by atoms with Gasteiger partial charge in [0.2, 0.25) is 11.5 Å². The number of methoxy groups -OCH3 is 1. The van der Waals surface area contributed by atoms with Crippen molar-refractivity contribution >= 4 is 17.8 Å². The molecule has 0 saturated heterocycles. The van der Waals surface area contributed by atoms with Gasteiger partial charge < -0.3 is 18.6 Å². The van der Waals surface area contributed by atoms with Crippen LogP contribution in [0.5, 0.6) is 5.88 Å². The number of carbonyl (C=O) groups is 1. The van der Waals surface area contributed by atoms with Crippen LogP contribution in [-0.4, -0.2) is 40.2 Å². The van der Waals surface area contributed by atoms with E-state index < -0.39 is 65.3 Å². The minimum atomic E-state index is -5.08. The van der Waals surface area contributed by atoms with Crippen LogP contribution in [0.1, 0.15) is 44.7 Å². The van der Waals surface area contributed by atoms with Crippen LogP contribution in [0.4, 0.5) is 42.8 Å². The summed E-state index contributed by atoms with van der Waals surface area (Å²) in [5.41, 5.74) is -5.87. The van der Waals surface area contributed by atoms with Crippen LogP contribution < -0.4 is 9.64 Å². The van der Waals surface area contributed by atoms with E-state index in [0.717, 1.165) is 13.3 Å². The Balaban J connectivity index is 2.10. The lowest BCUT2D eigenvalue weighted by Gasteiger charge is -2.29. The Bertz CT molecular complexity index is 1290. The van der Waals surface area contributed by atoms with Gasteiger partial charge in [-0.25, -0.2) is 9.78 Å². The van der Waals surface area contributed by atoms with Crippen LogP contribution in [0, 0.1) is 0 Å². The molecule has 1 unspecified atom stereocenters. The maximum absolute atomic E-state index is 14.2. The minimum absolute atomic E-state index is 0.372. The number of alkyl halides is 6. The topological polar surface area (TPSA) is 99.8 Å². The van der Waals surface area contributed by atoms with E-state index >= 15 is 0 Å². The third-order valence-electron chi connectivity index (χ3n) is 5.09. The molecule has 1 aromatic carbocycles. The molecule has 0 N–H and O–H groups in total. The molecule has 9 nitrogen and oxygen atoms in total. The van der Waals surface area contributed by atoms with Crippen molar-refractivity contribution < 1.29 is 49.8 Å². The van der Waals surface area contributed by atoms with E-state index in [1.165, 1.54) is 32.9 Å². The zero-order valence-corrected chi connectivity index (χ0v) is 21.3. The molecule has 0 bridgehead atoms. The maximum atomic E-state index is 14.2. The van der Waals surface area contributed by atoms with Crippen molar-refractivity contribution in [1.29, 1.82) is 0 Å². The molecule has 2 heterocycles. The lowest BCUT2D eigenvalue weighted by Crippen LogP contribution is -2.42. The number of hydrogen-bond acceptors (Lipinski definition) is 8. The van der Waals surface area contributed by atoms with Gasteiger partial charge in [0.05, 0.1) is 25.6 Å². The normalized spacial score (nSPS) is 14.0. The molecule has 15 heteroatoms. The molecule has 0 aliphatic heterocycles. The molecule has 2 aromatic heterocycles. The zero-order chi connectivity index (χ0) is 29.2. The number of aromatic nitrogens is 3. The van der Waals surface area contributed by atoms with Gasteiger partial charge in [0.15, 0.2) is 0 Å². The molecule has 3 rings (SSSR count). The molecular weight excluding hydrogens is 538 g/mol. The summed E-state index contributed by atoms with van der Waals surface area (Å²) in [5, 5.41) is 6.92. The van der Waals surface area contributed by atoms with Crippen LogP contribution in [0.2, 0.25) is 0 Å². The third-order valence-corrected chi connectivity index (χ3v) is 5.09. The summed E-state index contributed by atoms with van der Waals surface area (Å²) in [4.78, 5) is 17.0. The molecule has 0 radical (unpaired) electrons. The number of anilines is 2. The Morgan fingerprint density at radius 1 is 1.00 bits per heavy atom. The van der Waals surface area contributed by atoms with E-state index in [4.69, 9.17) is 13.9 Å². The summed E-state index contributed by atoms with van der Waals surface area (Å²) < 4.78 is 104. The van der Waals surface area contributed by atoms with E-state index in [-0.39, 0.29) is 0 Å². The lowest BCUT2D eigenvalue weighted by molar-refractivity contribution is -0.289. The predicted octanol–water partition coefficient (Wildman–Crippen LogP) is 6.56. The van der Waals surface area contributed by atoms with Gasteiger partial charge in [-0.05, 0) is 39.3 Å².